The van der Waals surface area contributed by atoms with E-state index in [-0.39, 0.29) is 24.2 Å². The Hall–Kier alpha value is -1.40. The standard InChI is InChI=1S/C18H30N4O2/c1-11-10-15-16(20-22(5)17(15)12(2)24-11)18(23)19-13-6-8-14(9-7-13)21(3)4/h11-14H,6-10H2,1-5H3,(H,19,23)/t11-,12+,13?,14?/m1/s1. The van der Waals surface area contributed by atoms with E-state index in [2.05, 4.69) is 36.3 Å². The Labute approximate surface area is 144 Å². The van der Waals surface area contributed by atoms with Crippen LogP contribution in [0.2, 0.25) is 0 Å². The van der Waals surface area contributed by atoms with Crippen molar-refractivity contribution in [2.24, 2.45) is 7.05 Å². The SMILES string of the molecule is C[C@@H]1Cc2c(C(=O)NC3CCC(N(C)C)CC3)nn(C)c2[C@H](C)O1. The van der Waals surface area contributed by atoms with E-state index in [1.165, 1.54) is 0 Å². The summed E-state index contributed by atoms with van der Waals surface area (Å²) in [6, 6.07) is 0.903. The quantitative estimate of drug-likeness (QED) is 0.919. The first-order valence-corrected chi connectivity index (χ1v) is 9.05. The minimum Gasteiger partial charge on any atom is -0.369 e. The Kier molecular flexibility index (Phi) is 4.97. The number of carbonyl (C=O) groups excluding carboxylic acids is 1. The molecule has 1 aromatic rings. The van der Waals surface area contributed by atoms with Crippen LogP contribution in [0.4, 0.5) is 0 Å². The first-order valence-electron chi connectivity index (χ1n) is 9.05. The highest BCUT2D eigenvalue weighted by Gasteiger charge is 2.32. The molecule has 2 aliphatic rings. The molecule has 0 radical (unpaired) electrons. The van der Waals surface area contributed by atoms with Gasteiger partial charge in [-0.25, -0.2) is 0 Å². The second-order valence-electron chi connectivity index (χ2n) is 7.57. The molecule has 24 heavy (non-hydrogen) atoms. The van der Waals surface area contributed by atoms with Gasteiger partial charge in [-0.3, -0.25) is 9.48 Å². The van der Waals surface area contributed by atoms with Crippen LogP contribution < -0.4 is 5.32 Å². The van der Waals surface area contributed by atoms with E-state index in [4.69, 9.17) is 4.74 Å². The summed E-state index contributed by atoms with van der Waals surface area (Å²) >= 11 is 0. The number of aromatic nitrogens is 2. The fraction of sp³-hybridized carbons (Fsp3) is 0.778. The van der Waals surface area contributed by atoms with Crippen LogP contribution in [0.15, 0.2) is 0 Å². The molecule has 1 saturated carbocycles. The molecule has 6 nitrogen and oxygen atoms in total. The van der Waals surface area contributed by atoms with Crippen molar-refractivity contribution in [3.63, 3.8) is 0 Å². The molecule has 1 amide bonds. The van der Waals surface area contributed by atoms with Crippen molar-refractivity contribution in [1.29, 1.82) is 0 Å². The van der Waals surface area contributed by atoms with Gasteiger partial charge in [0.15, 0.2) is 5.69 Å². The predicted octanol–water partition coefficient (Wildman–Crippen LogP) is 2.04. The summed E-state index contributed by atoms with van der Waals surface area (Å²) < 4.78 is 7.68. The number of carbonyl (C=O) groups is 1. The molecule has 0 aromatic carbocycles. The molecule has 1 N–H and O–H groups in total. The van der Waals surface area contributed by atoms with Crippen LogP contribution in [0.5, 0.6) is 0 Å². The number of nitrogens with one attached hydrogen (secondary N) is 1. The Morgan fingerprint density at radius 3 is 2.54 bits per heavy atom. The number of fused-ring (bicyclic) bond motifs is 1. The van der Waals surface area contributed by atoms with Crippen molar-refractivity contribution in [1.82, 2.24) is 20.0 Å². The van der Waals surface area contributed by atoms with E-state index in [0.717, 1.165) is 43.4 Å². The van der Waals surface area contributed by atoms with Crippen LogP contribution in [0.1, 0.15) is 67.4 Å². The lowest BCUT2D eigenvalue weighted by molar-refractivity contribution is -0.00903. The normalized spacial score (nSPS) is 30.2. The number of hydrogen-bond donors (Lipinski definition) is 1. The average molecular weight is 334 g/mol. The molecular formula is C18H30N4O2. The van der Waals surface area contributed by atoms with Crippen LogP contribution >= 0.6 is 0 Å². The van der Waals surface area contributed by atoms with Gasteiger partial charge in [-0.05, 0) is 53.6 Å². The molecule has 0 bridgehead atoms. The maximum atomic E-state index is 12.8. The second kappa shape index (κ2) is 6.84. The van der Waals surface area contributed by atoms with Crippen molar-refractivity contribution in [3.8, 4) is 0 Å². The molecule has 0 saturated heterocycles. The molecular weight excluding hydrogens is 304 g/mol. The number of aryl methyl sites for hydroxylation is 1. The average Bonchev–Trinajstić information content (AvgIpc) is 2.84. The first kappa shape index (κ1) is 17.4. The van der Waals surface area contributed by atoms with E-state index < -0.39 is 0 Å². The molecule has 3 rings (SSSR count). The van der Waals surface area contributed by atoms with Crippen molar-refractivity contribution < 1.29 is 9.53 Å². The van der Waals surface area contributed by atoms with E-state index in [0.29, 0.717) is 11.7 Å². The molecule has 6 heteroatoms. The van der Waals surface area contributed by atoms with Crippen LogP contribution in [-0.2, 0) is 18.2 Å². The van der Waals surface area contributed by atoms with Crippen LogP contribution in [0.25, 0.3) is 0 Å². The Morgan fingerprint density at radius 1 is 1.25 bits per heavy atom. The maximum Gasteiger partial charge on any atom is 0.272 e. The fourth-order valence-corrected chi connectivity index (χ4v) is 4.21. The van der Waals surface area contributed by atoms with Crippen molar-refractivity contribution in [2.75, 3.05) is 14.1 Å². The lowest BCUT2D eigenvalue weighted by Crippen LogP contribution is -2.42. The fourth-order valence-electron chi connectivity index (χ4n) is 4.21. The summed E-state index contributed by atoms with van der Waals surface area (Å²) in [5, 5.41) is 7.72. The summed E-state index contributed by atoms with van der Waals surface area (Å²) in [4.78, 5) is 15.1. The zero-order valence-corrected chi connectivity index (χ0v) is 15.5. The molecule has 0 unspecified atom stereocenters. The number of hydrogen-bond acceptors (Lipinski definition) is 4. The highest BCUT2D eigenvalue weighted by Crippen LogP contribution is 2.32. The monoisotopic (exact) mass is 334 g/mol. The molecule has 134 valence electrons. The zero-order valence-electron chi connectivity index (χ0n) is 15.5. The van der Waals surface area contributed by atoms with Gasteiger partial charge in [0.25, 0.3) is 5.91 Å². The van der Waals surface area contributed by atoms with Crippen LogP contribution in [0.3, 0.4) is 0 Å². The first-order chi connectivity index (χ1) is 11.4. The van der Waals surface area contributed by atoms with Crippen molar-refractivity contribution in [2.45, 2.75) is 70.2 Å². The van der Waals surface area contributed by atoms with E-state index in [1.54, 1.807) is 0 Å². The highest BCUT2D eigenvalue weighted by molar-refractivity contribution is 5.94. The summed E-state index contributed by atoms with van der Waals surface area (Å²) in [7, 11) is 6.16. The molecule has 2 atom stereocenters. The lowest BCUT2D eigenvalue weighted by Gasteiger charge is -2.33. The number of ether oxygens (including phenoxy) is 1. The van der Waals surface area contributed by atoms with Crippen molar-refractivity contribution >= 4 is 5.91 Å². The lowest BCUT2D eigenvalue weighted by atomic mass is 9.90. The Bertz CT molecular complexity index is 602. The van der Waals surface area contributed by atoms with Gasteiger partial charge >= 0.3 is 0 Å². The van der Waals surface area contributed by atoms with E-state index >= 15 is 0 Å². The molecule has 0 spiro atoms. The maximum absolute atomic E-state index is 12.8. The third-order valence-electron chi connectivity index (χ3n) is 5.48. The molecule has 1 aromatic heterocycles. The van der Waals surface area contributed by atoms with Gasteiger partial charge in [0.2, 0.25) is 0 Å². The third kappa shape index (κ3) is 3.35. The van der Waals surface area contributed by atoms with Gasteiger partial charge in [0, 0.05) is 31.1 Å². The number of nitrogens with zero attached hydrogens (tertiary/aromatic N) is 3. The summed E-state index contributed by atoms with van der Waals surface area (Å²) in [6.07, 6.45) is 5.22. The van der Waals surface area contributed by atoms with Gasteiger partial charge in [-0.15, -0.1) is 0 Å². The third-order valence-corrected chi connectivity index (χ3v) is 5.48. The highest BCUT2D eigenvalue weighted by atomic mass is 16.5. The molecule has 1 fully saturated rings. The minimum absolute atomic E-state index is 0.0154. The van der Waals surface area contributed by atoms with E-state index in [1.807, 2.05) is 18.7 Å². The predicted molar refractivity (Wildman–Crippen MR) is 93.1 cm³/mol. The molecule has 1 aliphatic heterocycles. The Morgan fingerprint density at radius 2 is 1.92 bits per heavy atom. The number of rotatable bonds is 3. The summed E-state index contributed by atoms with van der Waals surface area (Å²) in [5.41, 5.74) is 2.68. The van der Waals surface area contributed by atoms with Crippen LogP contribution in [-0.4, -0.2) is 52.9 Å². The van der Waals surface area contributed by atoms with Crippen molar-refractivity contribution in [3.05, 3.63) is 17.0 Å². The minimum atomic E-state index is -0.0264. The van der Waals surface area contributed by atoms with E-state index in [9.17, 15) is 4.79 Å². The smallest absolute Gasteiger partial charge is 0.272 e. The molecule has 1 aliphatic carbocycles. The largest absolute Gasteiger partial charge is 0.369 e. The summed E-state index contributed by atoms with van der Waals surface area (Å²) in [6.45, 7) is 4.08. The number of amides is 1. The van der Waals surface area contributed by atoms with Gasteiger partial charge in [-0.2, -0.15) is 5.10 Å². The zero-order chi connectivity index (χ0) is 17.4. The molecule has 2 heterocycles. The Balaban J connectivity index is 1.70. The topological polar surface area (TPSA) is 59.4 Å². The van der Waals surface area contributed by atoms with Gasteiger partial charge in [-0.1, -0.05) is 0 Å². The van der Waals surface area contributed by atoms with Crippen LogP contribution in [0, 0.1) is 0 Å². The van der Waals surface area contributed by atoms with Gasteiger partial charge < -0.3 is 15.0 Å². The van der Waals surface area contributed by atoms with Gasteiger partial charge in [0.05, 0.1) is 17.9 Å². The van der Waals surface area contributed by atoms with Gasteiger partial charge in [0.1, 0.15) is 0 Å². The second-order valence-corrected chi connectivity index (χ2v) is 7.57. The summed E-state index contributed by atoms with van der Waals surface area (Å²) in [5.74, 6) is -0.0264.